The van der Waals surface area contributed by atoms with Gasteiger partial charge in [0.1, 0.15) is 5.82 Å². The van der Waals surface area contributed by atoms with Gasteiger partial charge in [0.05, 0.1) is 6.26 Å². The molecule has 78 valence electrons. The summed E-state index contributed by atoms with van der Waals surface area (Å²) in [5.41, 5.74) is 0.343. The Kier molecular flexibility index (Phi) is 3.85. The van der Waals surface area contributed by atoms with Crippen molar-refractivity contribution in [3.05, 3.63) is 33.1 Å². The summed E-state index contributed by atoms with van der Waals surface area (Å²) < 4.78 is 37.7. The molecule has 1 aromatic carbocycles. The van der Waals surface area contributed by atoms with E-state index in [1.165, 1.54) is 6.07 Å². The van der Waals surface area contributed by atoms with Crippen LogP contribution in [0.25, 0.3) is 0 Å². The third-order valence-corrected chi connectivity index (χ3v) is 2.88. The lowest BCUT2D eigenvalue weighted by molar-refractivity contribution is 0.579. The molecule has 1 N–H and O–H groups in total. The predicted molar refractivity (Wildman–Crippen MR) is 60.8 cm³/mol. The number of rotatable bonds is 3. The van der Waals surface area contributed by atoms with E-state index in [0.29, 0.717) is 5.56 Å². The average molecular weight is 329 g/mol. The second kappa shape index (κ2) is 4.54. The highest BCUT2D eigenvalue weighted by molar-refractivity contribution is 14.1. The summed E-state index contributed by atoms with van der Waals surface area (Å²) in [6, 6.07) is 4.65. The first-order valence-electron chi connectivity index (χ1n) is 3.77. The van der Waals surface area contributed by atoms with Crippen molar-refractivity contribution in [2.45, 2.75) is 6.54 Å². The summed E-state index contributed by atoms with van der Waals surface area (Å²) in [6.45, 7) is -0.0123. The maximum atomic E-state index is 13.2. The molecule has 0 heterocycles. The molecule has 3 nitrogen and oxygen atoms in total. The summed E-state index contributed by atoms with van der Waals surface area (Å²) in [5.74, 6) is -0.395. The molecule has 0 amide bonds. The van der Waals surface area contributed by atoms with Crippen LogP contribution in [-0.2, 0) is 16.6 Å². The topological polar surface area (TPSA) is 46.2 Å². The molecule has 14 heavy (non-hydrogen) atoms. The van der Waals surface area contributed by atoms with E-state index in [0.717, 1.165) is 9.83 Å². The number of benzene rings is 1. The van der Waals surface area contributed by atoms with Gasteiger partial charge in [-0.05, 0) is 34.7 Å². The van der Waals surface area contributed by atoms with Gasteiger partial charge in [-0.2, -0.15) is 0 Å². The molecule has 0 aliphatic carbocycles. The van der Waals surface area contributed by atoms with E-state index in [1.807, 2.05) is 22.6 Å². The number of halogens is 2. The van der Waals surface area contributed by atoms with Crippen LogP contribution in [0, 0.1) is 9.39 Å². The fourth-order valence-corrected chi connectivity index (χ4v) is 1.74. The van der Waals surface area contributed by atoms with Crippen LogP contribution in [0.3, 0.4) is 0 Å². The second-order valence-electron chi connectivity index (χ2n) is 2.83. The summed E-state index contributed by atoms with van der Waals surface area (Å²) in [6.07, 6.45) is 1.04. The van der Waals surface area contributed by atoms with Crippen LogP contribution in [0.2, 0.25) is 0 Å². The molecule has 0 unspecified atom stereocenters. The molecule has 1 rings (SSSR count). The van der Waals surface area contributed by atoms with Crippen molar-refractivity contribution in [1.82, 2.24) is 4.72 Å². The zero-order valence-electron chi connectivity index (χ0n) is 7.42. The van der Waals surface area contributed by atoms with Gasteiger partial charge in [-0.3, -0.25) is 0 Å². The maximum Gasteiger partial charge on any atom is 0.209 e. The molecule has 0 saturated carbocycles. The zero-order chi connectivity index (χ0) is 10.8. The van der Waals surface area contributed by atoms with E-state index in [2.05, 4.69) is 4.72 Å². The van der Waals surface area contributed by atoms with Crippen LogP contribution in [-0.4, -0.2) is 14.7 Å². The molecule has 0 atom stereocenters. The van der Waals surface area contributed by atoms with E-state index >= 15 is 0 Å². The Balaban J connectivity index is 2.78. The lowest BCUT2D eigenvalue weighted by atomic mass is 10.2. The standard InChI is InChI=1S/C8H9FINO2S/c1-14(12,13)11-5-6-2-3-7(10)4-8(6)9/h2-4,11H,5H2,1H3. The number of hydrogen-bond acceptors (Lipinski definition) is 2. The van der Waals surface area contributed by atoms with Crippen molar-refractivity contribution in [3.63, 3.8) is 0 Å². The van der Waals surface area contributed by atoms with Crippen LogP contribution >= 0.6 is 22.6 Å². The number of sulfonamides is 1. The molecule has 0 fully saturated rings. The molecular weight excluding hydrogens is 320 g/mol. The molecule has 0 spiro atoms. The minimum Gasteiger partial charge on any atom is -0.213 e. The van der Waals surface area contributed by atoms with Gasteiger partial charge >= 0.3 is 0 Å². The molecule has 0 aromatic heterocycles. The van der Waals surface area contributed by atoms with Crippen molar-refractivity contribution in [2.24, 2.45) is 0 Å². The van der Waals surface area contributed by atoms with Crippen molar-refractivity contribution in [1.29, 1.82) is 0 Å². The van der Waals surface area contributed by atoms with Crippen LogP contribution < -0.4 is 4.72 Å². The van der Waals surface area contributed by atoms with Crippen LogP contribution in [0.1, 0.15) is 5.56 Å². The molecule has 0 bridgehead atoms. The highest BCUT2D eigenvalue weighted by Gasteiger charge is 2.05. The van der Waals surface area contributed by atoms with Crippen LogP contribution in [0.15, 0.2) is 18.2 Å². The Bertz CT molecular complexity index is 433. The number of hydrogen-bond donors (Lipinski definition) is 1. The normalized spacial score (nSPS) is 11.6. The zero-order valence-corrected chi connectivity index (χ0v) is 10.4. The molecule has 0 saturated heterocycles. The third kappa shape index (κ3) is 3.89. The highest BCUT2D eigenvalue weighted by atomic mass is 127. The first kappa shape index (κ1) is 11.9. The lowest BCUT2D eigenvalue weighted by Crippen LogP contribution is -2.21. The van der Waals surface area contributed by atoms with Gasteiger partial charge in [0.25, 0.3) is 0 Å². The first-order chi connectivity index (χ1) is 6.38. The van der Waals surface area contributed by atoms with Gasteiger partial charge in [0.15, 0.2) is 0 Å². The van der Waals surface area contributed by atoms with Crippen molar-refractivity contribution in [3.8, 4) is 0 Å². The molecule has 1 aromatic rings. The van der Waals surface area contributed by atoms with Crippen molar-refractivity contribution >= 4 is 32.6 Å². The minimum atomic E-state index is -3.27. The quantitative estimate of drug-likeness (QED) is 0.854. The Morgan fingerprint density at radius 3 is 2.64 bits per heavy atom. The highest BCUT2D eigenvalue weighted by Crippen LogP contribution is 2.12. The smallest absolute Gasteiger partial charge is 0.209 e. The number of nitrogens with one attached hydrogen (secondary N) is 1. The van der Waals surface area contributed by atoms with Crippen LogP contribution in [0.5, 0.6) is 0 Å². The van der Waals surface area contributed by atoms with Crippen molar-refractivity contribution in [2.75, 3.05) is 6.26 Å². The van der Waals surface area contributed by atoms with E-state index < -0.39 is 15.8 Å². The van der Waals surface area contributed by atoms with Gasteiger partial charge in [-0.15, -0.1) is 0 Å². The molecular formula is C8H9FINO2S. The summed E-state index contributed by atoms with van der Waals surface area (Å²) in [4.78, 5) is 0. The van der Waals surface area contributed by atoms with Crippen LogP contribution in [0.4, 0.5) is 4.39 Å². The average Bonchev–Trinajstić information content (AvgIpc) is 2.00. The Morgan fingerprint density at radius 1 is 1.50 bits per heavy atom. The van der Waals surface area contributed by atoms with Gasteiger partial charge < -0.3 is 0 Å². The van der Waals surface area contributed by atoms with Gasteiger partial charge in [0.2, 0.25) is 10.0 Å². The van der Waals surface area contributed by atoms with E-state index in [-0.39, 0.29) is 6.54 Å². The summed E-state index contributed by atoms with van der Waals surface area (Å²) in [7, 11) is -3.27. The first-order valence-corrected chi connectivity index (χ1v) is 6.74. The molecule has 6 heteroatoms. The van der Waals surface area contributed by atoms with E-state index in [1.54, 1.807) is 12.1 Å². The van der Waals surface area contributed by atoms with Crippen molar-refractivity contribution < 1.29 is 12.8 Å². The SMILES string of the molecule is CS(=O)(=O)NCc1ccc(I)cc1F. The summed E-state index contributed by atoms with van der Waals surface area (Å²) in [5, 5.41) is 0. The van der Waals surface area contributed by atoms with Gasteiger partial charge in [0, 0.05) is 15.7 Å². The van der Waals surface area contributed by atoms with E-state index in [4.69, 9.17) is 0 Å². The summed E-state index contributed by atoms with van der Waals surface area (Å²) >= 11 is 1.99. The maximum absolute atomic E-state index is 13.2. The fraction of sp³-hybridized carbons (Fsp3) is 0.250. The Labute approximate surface area is 95.9 Å². The third-order valence-electron chi connectivity index (χ3n) is 1.54. The molecule has 0 aliphatic heterocycles. The molecule has 0 radical (unpaired) electrons. The monoisotopic (exact) mass is 329 g/mol. The lowest BCUT2D eigenvalue weighted by Gasteiger charge is -2.04. The predicted octanol–water partition coefficient (Wildman–Crippen LogP) is 1.48. The minimum absolute atomic E-state index is 0.0123. The largest absolute Gasteiger partial charge is 0.213 e. The van der Waals surface area contributed by atoms with Gasteiger partial charge in [-0.1, -0.05) is 6.07 Å². The fourth-order valence-electron chi connectivity index (χ4n) is 0.874. The van der Waals surface area contributed by atoms with E-state index in [9.17, 15) is 12.8 Å². The Hall–Kier alpha value is -0.210. The molecule has 0 aliphatic rings. The Morgan fingerprint density at radius 2 is 2.14 bits per heavy atom. The van der Waals surface area contributed by atoms with Gasteiger partial charge in [-0.25, -0.2) is 17.5 Å². The second-order valence-corrected chi connectivity index (χ2v) is 5.91.